The lowest BCUT2D eigenvalue weighted by molar-refractivity contribution is -0.149. The summed E-state index contributed by atoms with van der Waals surface area (Å²) in [5.74, 6) is -26.3. The number of nitrogens with two attached hydrogens (primary N) is 4. The summed E-state index contributed by atoms with van der Waals surface area (Å²) in [5.41, 5.74) is 23.9. The number of hydrogen-bond acceptors (Lipinski definition) is 27. The first-order valence-electron chi connectivity index (χ1n) is 48.5. The van der Waals surface area contributed by atoms with Crippen molar-refractivity contribution in [2.24, 2.45) is 52.5 Å². The van der Waals surface area contributed by atoms with E-state index in [9.17, 15) is 102 Å². The van der Waals surface area contributed by atoms with Crippen molar-refractivity contribution in [3.63, 3.8) is 0 Å². The first-order valence-corrected chi connectivity index (χ1v) is 48.5. The van der Waals surface area contributed by atoms with Gasteiger partial charge in [0.1, 0.15) is 102 Å². The molecule has 0 saturated carbocycles. The van der Waals surface area contributed by atoms with Crippen molar-refractivity contribution in [3.05, 3.63) is 84.1 Å². The zero-order valence-corrected chi connectivity index (χ0v) is 83.5. The van der Waals surface area contributed by atoms with E-state index in [1.54, 1.807) is 65.8 Å². The summed E-state index contributed by atoms with van der Waals surface area (Å²) in [6.07, 6.45) is 0.734. The number of aliphatic hydroxyl groups is 2. The standard InChI is InChI=1S/C94H143N27O25/c1-11-50(10)77(91(143)111-60(20-14-15-31-95)92(144)121-33-17-22-68(121)93(145)146)120-90(142)76(49(8)9)119-85(137)65(38-70(97)126)114-87(139)67(44-123)116-82(134)64(37-53-40-100-45-105-53)106-73(129)42-104-88(140)74(47(4)5)117-84(136)63(36-52-39-102-56-19-13-12-18-55(52)56)113-80(132)59-28-30-71(127)103-41-72(128)107-66(43-122)86(138)110-58(27-29-69(96)125)79(131)112-61(34-46(2)3)83(135)118-75(48(6)7)89(141)115-62(35-51-23-25-54(124)26-24-51)81(133)108-57(78(130)109-59)21-16-32-101-94(98)99/h12-13,18-19,23-26,39-40,45-50,57-68,74-77,102,122-124H,11,14-17,20-22,27-38,41-44,95H2,1-10H3,(H2,96,125)(H2,97,126)(H,100,105)(H,103,127)(H,104,140)(H,106,129)(H,107,128)(H,108,133)(H,109,130)(H,110,138)(H,111,143)(H,112,131)(H,113,132)(H,114,139)(H,115,141)(H,116,134)(H,117,136)(H,118,135)(H,119,137)(H,120,142)(H,145,146)(H4,98,99,101)/t50-,57-,58-,59?,60-,61-,62?,63-,64-,65-,66-,67-,68-,74-,75-,76-,77-/m0/s1. The van der Waals surface area contributed by atoms with Crippen molar-refractivity contribution >= 4 is 141 Å². The second kappa shape index (κ2) is 59.3. The van der Waals surface area contributed by atoms with Crippen molar-refractivity contribution in [1.29, 1.82) is 5.41 Å². The van der Waals surface area contributed by atoms with E-state index in [2.05, 4.69) is 111 Å². The molecule has 17 atom stereocenters. The first kappa shape index (κ1) is 120. The van der Waals surface area contributed by atoms with E-state index in [1.165, 1.54) is 75.6 Å². The summed E-state index contributed by atoms with van der Waals surface area (Å²) in [5, 5.41) is 94.7. The minimum absolute atomic E-state index is 0.0706. The Morgan fingerprint density at radius 2 is 1.14 bits per heavy atom. The normalized spacial score (nSPS) is 20.0. The molecule has 0 bridgehead atoms. The third-order valence-electron chi connectivity index (χ3n) is 24.4. The lowest BCUT2D eigenvalue weighted by Crippen LogP contribution is -2.62. The van der Waals surface area contributed by atoms with Crippen LogP contribution < -0.4 is 119 Å². The number of aromatic hydroxyl groups is 1. The maximum Gasteiger partial charge on any atom is 0.326 e. The number of rotatable bonds is 48. The van der Waals surface area contributed by atoms with Gasteiger partial charge in [-0.25, -0.2) is 9.78 Å². The van der Waals surface area contributed by atoms with E-state index in [-0.39, 0.29) is 75.5 Å². The van der Waals surface area contributed by atoms with Gasteiger partial charge in [0.05, 0.1) is 39.1 Å². The van der Waals surface area contributed by atoms with Crippen LogP contribution in [0.5, 0.6) is 5.75 Å². The van der Waals surface area contributed by atoms with Gasteiger partial charge in [-0.3, -0.25) is 101 Å². The highest BCUT2D eigenvalue weighted by molar-refractivity contribution is 6.03. The lowest BCUT2D eigenvalue weighted by Gasteiger charge is -2.31. The Morgan fingerprint density at radius 3 is 1.74 bits per heavy atom. The van der Waals surface area contributed by atoms with Crippen LogP contribution in [0, 0.1) is 35.0 Å². The number of para-hydroxylation sites is 1. The number of H-pyrrole nitrogens is 2. The molecular formula is C94H143N27O25. The zero-order chi connectivity index (χ0) is 108. The number of benzene rings is 2. The molecule has 2 fully saturated rings. The van der Waals surface area contributed by atoms with E-state index >= 15 is 19.2 Å². The van der Waals surface area contributed by atoms with E-state index in [1.807, 2.05) is 0 Å². The number of nitrogens with one attached hydrogen (secondary N) is 21. The molecule has 52 nitrogen and oxygen atoms in total. The number of likely N-dealkylation sites (tertiary alicyclic amines) is 1. The summed E-state index contributed by atoms with van der Waals surface area (Å²) in [7, 11) is 0. The van der Waals surface area contributed by atoms with Crippen LogP contribution >= 0.6 is 0 Å². The zero-order valence-electron chi connectivity index (χ0n) is 83.5. The van der Waals surface area contributed by atoms with Crippen molar-refractivity contribution in [2.75, 3.05) is 45.9 Å². The van der Waals surface area contributed by atoms with Gasteiger partial charge in [0.25, 0.3) is 0 Å². The number of aliphatic hydroxyl groups excluding tert-OH is 2. The van der Waals surface area contributed by atoms with Crippen molar-refractivity contribution in [2.45, 2.75) is 275 Å². The van der Waals surface area contributed by atoms with Crippen LogP contribution in [0.2, 0.25) is 0 Å². The number of carbonyl (C=O) groups excluding carboxylic acids is 20. The highest BCUT2D eigenvalue weighted by Gasteiger charge is 2.44. The number of phenolic OH excluding ortho intramolecular Hbond substituents is 1. The minimum atomic E-state index is -1.99. The van der Waals surface area contributed by atoms with E-state index in [4.69, 9.17) is 28.3 Å². The molecule has 52 heteroatoms. The summed E-state index contributed by atoms with van der Waals surface area (Å²) in [4.78, 5) is 309. The number of aliphatic carboxylic acids is 1. The van der Waals surface area contributed by atoms with Crippen LogP contribution in [0.1, 0.15) is 176 Å². The lowest BCUT2D eigenvalue weighted by atomic mass is 9.95. The van der Waals surface area contributed by atoms with E-state index in [0.29, 0.717) is 47.7 Å². The van der Waals surface area contributed by atoms with Crippen molar-refractivity contribution < 1.29 is 121 Å². The van der Waals surface area contributed by atoms with Crippen LogP contribution in [0.3, 0.4) is 0 Å². The SMILES string of the molecule is CC[C@H](C)[C@H](NC(=O)[C@@H](NC(=O)[C@H](CC(N)=O)NC(=O)[C@H](CO)NC(=O)[C@H](Cc1cnc[nH]1)NC(=O)CNC(=O)[C@@H](NC(=O)[C@H](Cc1c[nH]c2ccccc12)NC(=O)C1CCC(=O)NCC(=O)N[C@@H](CO)C(=O)N[C@@H](CCC(N)=O)C(=O)N[C@@H](CC(C)C)C(=O)N[C@@H](C(C)C)C(=O)NC(Cc2ccc(O)cc2)C(=O)N[C@@H](CCCNC(=N)N)C(=O)N1)C(C)C)C(C)C)C(=O)N[C@@H](CCCCN)C(=O)N1CCC[C@H]1C(=O)O. The summed E-state index contributed by atoms with van der Waals surface area (Å²) in [6, 6.07) is -13.8. The number of carboxylic acids is 1. The average molecular weight is 2050 g/mol. The van der Waals surface area contributed by atoms with Gasteiger partial charge in [0, 0.05) is 74.2 Å². The van der Waals surface area contributed by atoms with Gasteiger partial charge in [0.2, 0.25) is 118 Å². The Balaban J connectivity index is 1.28. The summed E-state index contributed by atoms with van der Waals surface area (Å²) in [6.45, 7) is 12.0. The smallest absolute Gasteiger partial charge is 0.326 e. The number of guanidine groups is 1. The molecule has 146 heavy (non-hydrogen) atoms. The highest BCUT2D eigenvalue weighted by Crippen LogP contribution is 2.24. The van der Waals surface area contributed by atoms with Gasteiger partial charge >= 0.3 is 5.97 Å². The molecule has 804 valence electrons. The fraction of sp³-hybridized carbons (Fsp3) is 0.585. The second-order valence-corrected chi connectivity index (χ2v) is 37.6. The number of unbranched alkanes of at least 4 members (excludes halogenated alkanes) is 1. The fourth-order valence-corrected chi connectivity index (χ4v) is 16.0. The molecule has 0 aliphatic carbocycles. The maximum absolute atomic E-state index is 15.5. The molecule has 2 aromatic heterocycles. The molecule has 2 aromatic carbocycles. The molecule has 2 saturated heterocycles. The third-order valence-corrected chi connectivity index (χ3v) is 24.4. The number of imidazole rings is 1. The molecule has 0 spiro atoms. The molecule has 33 N–H and O–H groups in total. The van der Waals surface area contributed by atoms with E-state index in [0.717, 1.165) is 0 Å². The number of carbonyl (C=O) groups is 21. The van der Waals surface area contributed by atoms with Crippen LogP contribution in [0.15, 0.2) is 67.3 Å². The van der Waals surface area contributed by atoms with Gasteiger partial charge in [-0.2, -0.15) is 0 Å². The van der Waals surface area contributed by atoms with Gasteiger partial charge in [0.15, 0.2) is 5.96 Å². The number of aromatic amines is 2. The Morgan fingerprint density at radius 1 is 0.562 bits per heavy atom. The summed E-state index contributed by atoms with van der Waals surface area (Å²) < 4.78 is 0. The third kappa shape index (κ3) is 38.6. The van der Waals surface area contributed by atoms with Crippen LogP contribution in [0.4, 0.5) is 0 Å². The number of nitrogens with zero attached hydrogens (tertiary/aromatic N) is 2. The number of fused-ring (bicyclic) bond motifs is 1. The first-order chi connectivity index (χ1) is 69.1. The predicted molar refractivity (Wildman–Crippen MR) is 525 cm³/mol. The Bertz CT molecular complexity index is 5210. The molecule has 2 aliphatic rings. The van der Waals surface area contributed by atoms with Gasteiger partial charge in [-0.1, -0.05) is 106 Å². The average Bonchev–Trinajstić information content (AvgIpc) is 1.73. The molecule has 4 aromatic rings. The minimum Gasteiger partial charge on any atom is -0.508 e. The Labute approximate surface area is 842 Å². The van der Waals surface area contributed by atoms with Crippen molar-refractivity contribution in [1.82, 2.24) is 116 Å². The largest absolute Gasteiger partial charge is 0.508 e. The van der Waals surface area contributed by atoms with Gasteiger partial charge < -0.3 is 154 Å². The number of aromatic nitrogens is 3. The Hall–Kier alpha value is -15.0. The molecule has 0 radical (unpaired) electrons. The van der Waals surface area contributed by atoms with Crippen LogP contribution in [0.25, 0.3) is 10.9 Å². The summed E-state index contributed by atoms with van der Waals surface area (Å²) >= 11 is 0. The number of primary amides is 2. The maximum atomic E-state index is 15.5. The number of carboxylic acid groups (broad SMARTS) is 1. The quantitative estimate of drug-likeness (QED) is 0.0111. The fourth-order valence-electron chi connectivity index (χ4n) is 16.0. The monoisotopic (exact) mass is 2050 g/mol. The predicted octanol–water partition coefficient (Wildman–Crippen LogP) is -7.42. The Kier molecular flexibility index (Phi) is 48.6. The number of phenols is 1. The molecule has 4 heterocycles. The van der Waals surface area contributed by atoms with Crippen molar-refractivity contribution in [3.8, 4) is 5.75 Å². The molecular weight excluding hydrogens is 1910 g/mol. The number of amides is 20. The van der Waals surface area contributed by atoms with Crippen LogP contribution in [-0.4, -0.2) is 313 Å². The molecule has 20 amide bonds. The second-order valence-electron chi connectivity index (χ2n) is 37.6. The molecule has 6 rings (SSSR count). The highest BCUT2D eigenvalue weighted by atomic mass is 16.4. The van der Waals surface area contributed by atoms with Gasteiger partial charge in [-0.15, -0.1) is 0 Å². The van der Waals surface area contributed by atoms with E-state index < -0.39 is 322 Å². The molecule has 2 unspecified atom stereocenters. The van der Waals surface area contributed by atoms with Gasteiger partial charge in [-0.05, 0) is 130 Å². The number of hydrogen-bond donors (Lipinski definition) is 29. The molecule has 2 aliphatic heterocycles. The topological polar surface area (TPSA) is 832 Å². The van der Waals surface area contributed by atoms with Crippen LogP contribution in [-0.2, 0) is 120 Å².